The number of hydrogen-bond acceptors (Lipinski definition) is 1. The fraction of sp³-hybridized carbons (Fsp3) is 0.273. The van der Waals surface area contributed by atoms with E-state index in [9.17, 15) is 0 Å². The van der Waals surface area contributed by atoms with Gasteiger partial charge in [0.2, 0.25) is 0 Å². The van der Waals surface area contributed by atoms with Crippen LogP contribution >= 0.6 is 31.9 Å². The van der Waals surface area contributed by atoms with Crippen LogP contribution in [0, 0.1) is 0 Å². The summed E-state index contributed by atoms with van der Waals surface area (Å²) in [5.41, 5.74) is 7.17. The van der Waals surface area contributed by atoms with Crippen LogP contribution in [-0.4, -0.2) is 0 Å². The molecule has 0 aromatic heterocycles. The minimum atomic E-state index is 0.0948. The number of hydrogen-bond donors (Lipinski definition) is 1. The summed E-state index contributed by atoms with van der Waals surface area (Å²) in [6.45, 7) is 3.69. The van der Waals surface area contributed by atoms with E-state index in [4.69, 9.17) is 5.73 Å². The van der Waals surface area contributed by atoms with Gasteiger partial charge in [0.15, 0.2) is 0 Å². The Balaban J connectivity index is 2.75. The van der Waals surface area contributed by atoms with Crippen LogP contribution < -0.4 is 5.73 Å². The number of allylic oxidation sites excluding steroid dienone is 1. The molecule has 2 N–H and O–H groups in total. The van der Waals surface area contributed by atoms with E-state index in [0.717, 1.165) is 27.4 Å². The summed E-state index contributed by atoms with van der Waals surface area (Å²) >= 11 is 6.89. The second-order valence-electron chi connectivity index (χ2n) is 3.15. The average Bonchev–Trinajstić information content (AvgIpc) is 2.18. The largest absolute Gasteiger partial charge is 0.324 e. The van der Waals surface area contributed by atoms with Gasteiger partial charge in [-0.25, -0.2) is 0 Å². The molecular weight excluding hydrogens is 306 g/mol. The van der Waals surface area contributed by atoms with Crippen molar-refractivity contribution in [3.8, 4) is 0 Å². The summed E-state index contributed by atoms with van der Waals surface area (Å²) in [4.78, 5) is 0. The minimum absolute atomic E-state index is 0.0948. The number of halogens is 2. The maximum Gasteiger partial charge on any atom is 0.0320 e. The summed E-state index contributed by atoms with van der Waals surface area (Å²) in [5, 5.41) is 0. The highest BCUT2D eigenvalue weighted by Crippen LogP contribution is 2.27. The molecule has 0 spiro atoms. The second-order valence-corrected chi connectivity index (χ2v) is 4.85. The predicted octanol–water partition coefficient (Wildman–Crippen LogP) is 4.18. The molecule has 1 aromatic rings. The first-order chi connectivity index (χ1) is 6.65. The summed E-state index contributed by atoms with van der Waals surface area (Å²) < 4.78 is 2.10. The molecule has 1 nitrogen and oxygen atoms in total. The van der Waals surface area contributed by atoms with Crippen LogP contribution in [-0.2, 0) is 0 Å². The quantitative estimate of drug-likeness (QED) is 0.828. The molecule has 3 heteroatoms. The maximum atomic E-state index is 6.02. The average molecular weight is 319 g/mol. The lowest BCUT2D eigenvalue weighted by atomic mass is 10.0. The summed E-state index contributed by atoms with van der Waals surface area (Å²) in [5.74, 6) is 0. The van der Waals surface area contributed by atoms with E-state index >= 15 is 0 Å². The Morgan fingerprint density at radius 1 is 1.36 bits per heavy atom. The fourth-order valence-corrected chi connectivity index (χ4v) is 1.85. The van der Waals surface area contributed by atoms with E-state index in [1.807, 2.05) is 18.2 Å². The third-order valence-corrected chi connectivity index (χ3v) is 3.93. The predicted molar refractivity (Wildman–Crippen MR) is 68.2 cm³/mol. The van der Waals surface area contributed by atoms with Crippen LogP contribution in [0.15, 0.2) is 39.8 Å². The maximum absolute atomic E-state index is 6.02. The van der Waals surface area contributed by atoms with E-state index in [1.165, 1.54) is 0 Å². The van der Waals surface area contributed by atoms with Gasteiger partial charge in [-0.2, -0.15) is 0 Å². The Kier molecular flexibility index (Phi) is 4.85. The zero-order chi connectivity index (χ0) is 10.6. The lowest BCUT2D eigenvalue weighted by Gasteiger charge is -2.11. The molecule has 1 atom stereocenters. The van der Waals surface area contributed by atoms with Crippen molar-refractivity contribution in [2.24, 2.45) is 5.73 Å². The van der Waals surface area contributed by atoms with E-state index in [0.29, 0.717) is 0 Å². The van der Waals surface area contributed by atoms with Crippen LogP contribution in [0.3, 0.4) is 0 Å². The van der Waals surface area contributed by atoms with Crippen molar-refractivity contribution in [1.82, 2.24) is 0 Å². The molecule has 0 aliphatic rings. The molecule has 76 valence electrons. The van der Waals surface area contributed by atoms with Crippen LogP contribution in [0.4, 0.5) is 0 Å². The van der Waals surface area contributed by atoms with E-state index in [-0.39, 0.29) is 6.04 Å². The zero-order valence-corrected chi connectivity index (χ0v) is 11.0. The van der Waals surface area contributed by atoms with Crippen LogP contribution in [0.2, 0.25) is 0 Å². The van der Waals surface area contributed by atoms with E-state index in [1.54, 1.807) is 0 Å². The van der Waals surface area contributed by atoms with Crippen molar-refractivity contribution in [1.29, 1.82) is 0 Å². The van der Waals surface area contributed by atoms with Crippen molar-refractivity contribution in [2.45, 2.75) is 18.9 Å². The number of nitrogens with two attached hydrogens (primary N) is 1. The van der Waals surface area contributed by atoms with Gasteiger partial charge in [-0.15, -0.1) is 6.58 Å². The van der Waals surface area contributed by atoms with Crippen LogP contribution in [0.1, 0.15) is 24.4 Å². The topological polar surface area (TPSA) is 26.0 Å². The van der Waals surface area contributed by atoms with Crippen LogP contribution in [0.25, 0.3) is 0 Å². The first-order valence-electron chi connectivity index (χ1n) is 4.46. The summed E-state index contributed by atoms with van der Waals surface area (Å²) in [6.07, 6.45) is 3.79. The van der Waals surface area contributed by atoms with Gasteiger partial charge in [-0.1, -0.05) is 12.1 Å². The van der Waals surface area contributed by atoms with Gasteiger partial charge in [0.05, 0.1) is 0 Å². The van der Waals surface area contributed by atoms with E-state index < -0.39 is 0 Å². The highest BCUT2D eigenvalue weighted by Gasteiger charge is 2.06. The third kappa shape index (κ3) is 3.23. The Bertz CT molecular complexity index is 323. The Morgan fingerprint density at radius 2 is 2.07 bits per heavy atom. The van der Waals surface area contributed by atoms with Gasteiger partial charge >= 0.3 is 0 Å². The van der Waals surface area contributed by atoms with Gasteiger partial charge in [0.1, 0.15) is 0 Å². The molecule has 0 aliphatic carbocycles. The summed E-state index contributed by atoms with van der Waals surface area (Å²) in [6, 6.07) is 6.20. The first kappa shape index (κ1) is 12.0. The molecule has 0 amide bonds. The number of benzene rings is 1. The van der Waals surface area contributed by atoms with Crippen molar-refractivity contribution in [2.75, 3.05) is 0 Å². The van der Waals surface area contributed by atoms with Gasteiger partial charge in [-0.05, 0) is 62.4 Å². The molecule has 0 saturated carbocycles. The van der Waals surface area contributed by atoms with Crippen molar-refractivity contribution in [3.63, 3.8) is 0 Å². The van der Waals surface area contributed by atoms with Gasteiger partial charge in [0, 0.05) is 15.0 Å². The van der Waals surface area contributed by atoms with Gasteiger partial charge in [-0.3, -0.25) is 0 Å². The third-order valence-electron chi connectivity index (χ3n) is 2.05. The van der Waals surface area contributed by atoms with Gasteiger partial charge < -0.3 is 5.73 Å². The molecule has 1 aromatic carbocycles. The normalized spacial score (nSPS) is 12.5. The molecule has 0 bridgehead atoms. The fourth-order valence-electron chi connectivity index (χ4n) is 1.21. The SMILES string of the molecule is C=CCC[C@H](N)c1ccc(Br)c(Br)c1. The first-order valence-corrected chi connectivity index (χ1v) is 6.05. The Hall–Kier alpha value is -0.120. The van der Waals surface area contributed by atoms with Crippen molar-refractivity contribution in [3.05, 3.63) is 45.4 Å². The lowest BCUT2D eigenvalue weighted by Crippen LogP contribution is -2.09. The monoisotopic (exact) mass is 317 g/mol. The number of rotatable bonds is 4. The second kappa shape index (κ2) is 5.69. The Labute approximate surface area is 102 Å². The summed E-state index contributed by atoms with van der Waals surface area (Å²) in [7, 11) is 0. The zero-order valence-electron chi connectivity index (χ0n) is 7.84. The molecule has 1 rings (SSSR count). The molecule has 0 radical (unpaired) electrons. The standard InChI is InChI=1S/C11H13Br2N/c1-2-3-4-11(14)8-5-6-9(12)10(13)7-8/h2,5-7,11H,1,3-4,14H2/t11-/m0/s1. The van der Waals surface area contributed by atoms with E-state index in [2.05, 4.69) is 44.5 Å². The molecule has 0 saturated heterocycles. The van der Waals surface area contributed by atoms with Crippen molar-refractivity contribution >= 4 is 31.9 Å². The highest BCUT2D eigenvalue weighted by atomic mass is 79.9. The molecule has 0 heterocycles. The molecule has 0 aliphatic heterocycles. The van der Waals surface area contributed by atoms with Crippen LogP contribution in [0.5, 0.6) is 0 Å². The molecular formula is C11H13Br2N. The molecule has 14 heavy (non-hydrogen) atoms. The molecule has 0 fully saturated rings. The smallest absolute Gasteiger partial charge is 0.0320 e. The lowest BCUT2D eigenvalue weighted by molar-refractivity contribution is 0.661. The highest BCUT2D eigenvalue weighted by molar-refractivity contribution is 9.13. The molecule has 0 unspecified atom stereocenters. The Morgan fingerprint density at radius 3 is 2.64 bits per heavy atom. The van der Waals surface area contributed by atoms with Gasteiger partial charge in [0.25, 0.3) is 0 Å². The van der Waals surface area contributed by atoms with Crippen molar-refractivity contribution < 1.29 is 0 Å². The minimum Gasteiger partial charge on any atom is -0.324 e.